The highest BCUT2D eigenvalue weighted by Crippen LogP contribution is 2.34. The molecule has 0 N–H and O–H groups in total. The summed E-state index contributed by atoms with van der Waals surface area (Å²) >= 11 is 0. The molecule has 1 fully saturated rings. The molecule has 2 aromatic rings. The second-order valence-electron chi connectivity index (χ2n) is 9.52. The molecule has 204 valence electrons. The minimum Gasteiger partial charge on any atom is -0.493 e. The van der Waals surface area contributed by atoms with Crippen LogP contribution in [0.25, 0.3) is 0 Å². The minimum absolute atomic E-state index is 0.0311. The summed E-state index contributed by atoms with van der Waals surface area (Å²) < 4.78 is 75.4. The number of halogens is 3. The molecule has 0 radical (unpaired) electrons. The van der Waals surface area contributed by atoms with Gasteiger partial charge >= 0.3 is 16.3 Å². The summed E-state index contributed by atoms with van der Waals surface area (Å²) in [6.45, 7) is 4.20. The van der Waals surface area contributed by atoms with Crippen LogP contribution in [-0.2, 0) is 27.6 Å². The zero-order chi connectivity index (χ0) is 27.2. The predicted octanol–water partition coefficient (Wildman–Crippen LogP) is 6.58. The van der Waals surface area contributed by atoms with Gasteiger partial charge in [-0.25, -0.2) is 0 Å². The number of benzene rings is 2. The third-order valence-electron chi connectivity index (χ3n) is 6.91. The number of alkyl halides is 3. The van der Waals surface area contributed by atoms with Crippen LogP contribution >= 0.6 is 0 Å². The summed E-state index contributed by atoms with van der Waals surface area (Å²) in [6.07, 6.45) is 2.12. The summed E-state index contributed by atoms with van der Waals surface area (Å²) in [5.41, 5.74) is -0.484. The number of amides is 1. The molecule has 2 aromatic carbocycles. The predicted molar refractivity (Wildman–Crippen MR) is 134 cm³/mol. The number of nitrogens with zero attached hydrogens (tertiary/aromatic N) is 1. The third-order valence-corrected chi connectivity index (χ3v) is 8.15. The number of methoxy groups -OCH3 is 1. The van der Waals surface area contributed by atoms with Crippen molar-refractivity contribution in [3.05, 3.63) is 53.6 Å². The highest BCUT2D eigenvalue weighted by Gasteiger charge is 2.32. The molecule has 0 saturated heterocycles. The van der Waals surface area contributed by atoms with Crippen molar-refractivity contribution >= 4 is 16.0 Å². The number of carbonyl (C=O) groups excluding carboxylic acids is 1. The van der Waals surface area contributed by atoms with Crippen molar-refractivity contribution in [2.75, 3.05) is 7.11 Å². The second-order valence-corrected chi connectivity index (χ2v) is 11.1. The number of ether oxygens (including phenoxy) is 1. The van der Waals surface area contributed by atoms with Gasteiger partial charge in [0, 0.05) is 19.0 Å². The fourth-order valence-electron chi connectivity index (χ4n) is 4.56. The van der Waals surface area contributed by atoms with Gasteiger partial charge in [-0.1, -0.05) is 44.7 Å². The summed E-state index contributed by atoms with van der Waals surface area (Å²) in [4.78, 5) is 14.3. The van der Waals surface area contributed by atoms with E-state index in [2.05, 4.69) is 0 Å². The number of hydrogen-bond donors (Lipinski definition) is 0. The van der Waals surface area contributed by atoms with Gasteiger partial charge in [-0.15, -0.1) is 0 Å². The van der Waals surface area contributed by atoms with Crippen molar-refractivity contribution in [3.63, 3.8) is 0 Å². The molecule has 6 nitrogen and oxygen atoms in total. The van der Waals surface area contributed by atoms with Crippen molar-refractivity contribution < 1.29 is 35.3 Å². The average molecular weight is 542 g/mol. The molecule has 1 aliphatic carbocycles. The van der Waals surface area contributed by atoms with Crippen LogP contribution in [0.4, 0.5) is 13.2 Å². The highest BCUT2D eigenvalue weighted by atomic mass is 32.2. The molecular weight excluding hydrogens is 507 g/mol. The number of hydrogen-bond acceptors (Lipinski definition) is 5. The summed E-state index contributed by atoms with van der Waals surface area (Å²) in [6, 6.07) is 8.00. The first-order valence-electron chi connectivity index (χ1n) is 12.5. The minimum atomic E-state index is -4.70. The van der Waals surface area contributed by atoms with Crippen molar-refractivity contribution in [1.29, 1.82) is 0 Å². The lowest BCUT2D eigenvalue weighted by molar-refractivity contribution is -0.137. The molecule has 0 aromatic heterocycles. The van der Waals surface area contributed by atoms with E-state index in [1.165, 1.54) is 32.1 Å². The Morgan fingerprint density at radius 2 is 1.81 bits per heavy atom. The first kappa shape index (κ1) is 28.8. The van der Waals surface area contributed by atoms with Gasteiger partial charge in [0.25, 0.3) is 0 Å². The van der Waals surface area contributed by atoms with Crippen molar-refractivity contribution in [2.24, 2.45) is 5.92 Å². The molecule has 1 atom stereocenters. The molecule has 1 amide bonds. The molecule has 0 heterocycles. The largest absolute Gasteiger partial charge is 0.493 e. The molecule has 3 rings (SSSR count). The Hall–Kier alpha value is -2.75. The van der Waals surface area contributed by atoms with Gasteiger partial charge in [-0.2, -0.15) is 21.6 Å². The van der Waals surface area contributed by atoms with Crippen molar-refractivity contribution in [3.8, 4) is 11.5 Å². The normalized spacial score (nSPS) is 15.4. The first-order chi connectivity index (χ1) is 17.4. The lowest BCUT2D eigenvalue weighted by Crippen LogP contribution is -2.37. The summed E-state index contributed by atoms with van der Waals surface area (Å²) in [5, 5.41) is 0. The van der Waals surface area contributed by atoms with Crippen LogP contribution in [0.5, 0.6) is 11.5 Å². The van der Waals surface area contributed by atoms with Gasteiger partial charge in [0.1, 0.15) is 4.90 Å². The fraction of sp³-hybridized carbons (Fsp3) is 0.519. The van der Waals surface area contributed by atoms with Crippen LogP contribution in [0.15, 0.2) is 47.4 Å². The molecule has 37 heavy (non-hydrogen) atoms. The van der Waals surface area contributed by atoms with Crippen LogP contribution in [0.1, 0.15) is 69.9 Å². The smallest absolute Gasteiger partial charge is 0.416 e. The summed E-state index contributed by atoms with van der Waals surface area (Å²) in [5.74, 6) is 0.558. The molecule has 0 aliphatic heterocycles. The molecule has 1 unspecified atom stereocenters. The summed E-state index contributed by atoms with van der Waals surface area (Å²) in [7, 11) is -3.26. The maximum absolute atomic E-state index is 13.1. The molecule has 1 aliphatic rings. The Morgan fingerprint density at radius 1 is 1.11 bits per heavy atom. The maximum atomic E-state index is 13.1. The van der Waals surface area contributed by atoms with Crippen LogP contribution in [0.2, 0.25) is 0 Å². The van der Waals surface area contributed by atoms with E-state index in [9.17, 15) is 26.4 Å². The van der Waals surface area contributed by atoms with E-state index in [4.69, 9.17) is 8.92 Å². The monoisotopic (exact) mass is 541 g/mol. The van der Waals surface area contributed by atoms with Gasteiger partial charge in [-0.3, -0.25) is 4.79 Å². The van der Waals surface area contributed by atoms with E-state index in [0.29, 0.717) is 24.0 Å². The third kappa shape index (κ3) is 7.63. The lowest BCUT2D eigenvalue weighted by Gasteiger charge is -2.29. The van der Waals surface area contributed by atoms with E-state index in [1.54, 1.807) is 11.0 Å². The Bertz CT molecular complexity index is 1180. The Balaban J connectivity index is 1.82. The average Bonchev–Trinajstić information content (AvgIpc) is 3.38. The van der Waals surface area contributed by atoms with Gasteiger partial charge in [0.15, 0.2) is 11.5 Å². The SMILES string of the molecule is CCC(C)N(Cc1ccc(OC)c(OS(=O)(=O)c2cccc(C(F)(F)F)c2)c1)C(=O)CCC1CCCC1. The quantitative estimate of drug-likeness (QED) is 0.301. The van der Waals surface area contributed by atoms with Gasteiger partial charge in [0.2, 0.25) is 5.91 Å². The standard InChI is InChI=1S/C27H34F3NO5S/c1-4-19(2)31(26(32)15-13-20-8-5-6-9-20)18-21-12-14-24(35-3)25(16-21)36-37(33,34)23-11-7-10-22(17-23)27(28,29)30/h7,10-12,14,16-17,19-20H,4-6,8-9,13,15,18H2,1-3H3. The van der Waals surface area contributed by atoms with E-state index in [-0.39, 0.29) is 30.0 Å². The van der Waals surface area contributed by atoms with Crippen LogP contribution in [-0.4, -0.2) is 32.4 Å². The van der Waals surface area contributed by atoms with Crippen molar-refractivity contribution in [2.45, 2.75) is 82.5 Å². The van der Waals surface area contributed by atoms with Crippen LogP contribution in [0, 0.1) is 5.92 Å². The van der Waals surface area contributed by atoms with E-state index >= 15 is 0 Å². The van der Waals surface area contributed by atoms with Crippen LogP contribution < -0.4 is 8.92 Å². The molecule has 0 spiro atoms. The van der Waals surface area contributed by atoms with E-state index in [0.717, 1.165) is 43.9 Å². The zero-order valence-corrected chi connectivity index (χ0v) is 22.2. The Kier molecular flexibility index (Phi) is 9.50. The molecule has 10 heteroatoms. The first-order valence-corrected chi connectivity index (χ1v) is 13.9. The van der Waals surface area contributed by atoms with Gasteiger partial charge in [0.05, 0.1) is 12.7 Å². The maximum Gasteiger partial charge on any atom is 0.416 e. The second kappa shape index (κ2) is 12.2. The van der Waals surface area contributed by atoms with Crippen LogP contribution in [0.3, 0.4) is 0 Å². The molecule has 0 bridgehead atoms. The highest BCUT2D eigenvalue weighted by molar-refractivity contribution is 7.87. The molecular formula is C27H34F3NO5S. The van der Waals surface area contributed by atoms with E-state index in [1.807, 2.05) is 13.8 Å². The topological polar surface area (TPSA) is 72.9 Å². The van der Waals surface area contributed by atoms with Crippen molar-refractivity contribution in [1.82, 2.24) is 4.90 Å². The van der Waals surface area contributed by atoms with E-state index < -0.39 is 26.8 Å². The molecule has 1 saturated carbocycles. The Morgan fingerprint density at radius 3 is 2.43 bits per heavy atom. The number of rotatable bonds is 11. The Labute approximate surface area is 216 Å². The zero-order valence-electron chi connectivity index (χ0n) is 21.4. The van der Waals surface area contributed by atoms with Gasteiger partial charge in [-0.05, 0) is 61.6 Å². The lowest BCUT2D eigenvalue weighted by atomic mass is 10.0. The van der Waals surface area contributed by atoms with Gasteiger partial charge < -0.3 is 13.8 Å². The number of carbonyl (C=O) groups is 1. The fourth-order valence-corrected chi connectivity index (χ4v) is 5.54.